The summed E-state index contributed by atoms with van der Waals surface area (Å²) in [6.07, 6.45) is 1.30. The molecule has 3 N–H and O–H groups in total. The number of carboxylic acid groups (broad SMARTS) is 1. The van der Waals surface area contributed by atoms with Gasteiger partial charge in [0.05, 0.1) is 19.6 Å². The summed E-state index contributed by atoms with van der Waals surface area (Å²) in [4.78, 5) is 65.9. The fourth-order valence-electron chi connectivity index (χ4n) is 4.95. The molecule has 1 fully saturated rings. The lowest BCUT2D eigenvalue weighted by atomic mass is 10.1. The topological polar surface area (TPSA) is 186 Å². The highest BCUT2D eigenvalue weighted by Gasteiger charge is 2.35. The average Bonchev–Trinajstić information content (AvgIpc) is 3.36. The summed E-state index contributed by atoms with van der Waals surface area (Å²) < 4.78 is 6.44. The Morgan fingerprint density at radius 2 is 1.86 bits per heavy atom. The lowest BCUT2D eigenvalue weighted by Gasteiger charge is -2.30. The molecule has 1 aliphatic heterocycles. The van der Waals surface area contributed by atoms with E-state index in [1.807, 2.05) is 30.3 Å². The Hall–Kier alpha value is -5.14. The van der Waals surface area contributed by atoms with Gasteiger partial charge in [-0.05, 0) is 60.4 Å². The molecule has 44 heavy (non-hydrogen) atoms. The Morgan fingerprint density at radius 3 is 2.59 bits per heavy atom. The van der Waals surface area contributed by atoms with Crippen molar-refractivity contribution in [3.8, 4) is 5.75 Å². The molecule has 14 nitrogen and oxygen atoms in total. The van der Waals surface area contributed by atoms with Gasteiger partial charge in [-0.3, -0.25) is 24.0 Å². The number of nitrogens with zero attached hydrogens (tertiary/aromatic N) is 5. The third-order valence-corrected chi connectivity index (χ3v) is 7.41. The third-order valence-electron chi connectivity index (χ3n) is 7.41. The summed E-state index contributed by atoms with van der Waals surface area (Å²) in [5, 5.41) is 26.2. The average molecular weight is 606 g/mol. The molecule has 14 heteroatoms. The number of nitrogens with one attached hydrogen (secondary N) is 2. The van der Waals surface area contributed by atoms with Crippen LogP contribution in [0.1, 0.15) is 54.4 Å². The molecule has 0 radical (unpaired) electrons. The van der Waals surface area contributed by atoms with Crippen LogP contribution < -0.4 is 15.4 Å². The summed E-state index contributed by atoms with van der Waals surface area (Å²) in [6.45, 7) is 1.40. The van der Waals surface area contributed by atoms with Gasteiger partial charge in [0.2, 0.25) is 11.8 Å². The number of carbonyl (C=O) groups excluding carboxylic acids is 4. The number of benzene rings is 2. The number of amides is 3. The second kappa shape index (κ2) is 14.8. The molecule has 3 atom stereocenters. The molecule has 2 heterocycles. The molecule has 4 rings (SSSR count). The van der Waals surface area contributed by atoms with Gasteiger partial charge >= 0.3 is 5.97 Å². The molecular weight excluding hydrogens is 570 g/mol. The second-order valence-corrected chi connectivity index (χ2v) is 10.5. The first-order chi connectivity index (χ1) is 21.2. The van der Waals surface area contributed by atoms with E-state index in [-0.39, 0.29) is 13.1 Å². The Morgan fingerprint density at radius 1 is 1.09 bits per heavy atom. The number of ether oxygens (including phenoxy) is 1. The predicted octanol–water partition coefficient (Wildman–Crippen LogP) is 1.00. The maximum absolute atomic E-state index is 13.5. The number of methoxy groups -OCH3 is 1. The van der Waals surface area contributed by atoms with E-state index in [1.165, 1.54) is 23.6 Å². The Labute approximate surface area is 253 Å². The number of likely N-dealkylation sites (tertiary alicyclic amines) is 1. The number of Topliss-reactive ketones (excluding diaryl/α,β-unsaturated/α-hetero) is 1. The lowest BCUT2D eigenvalue weighted by Crippen LogP contribution is -2.56. The van der Waals surface area contributed by atoms with E-state index in [4.69, 9.17) is 4.74 Å². The van der Waals surface area contributed by atoms with Crippen molar-refractivity contribution in [1.82, 2.24) is 35.7 Å². The SMILES string of the molecule is COc1cccc(C(=O)N[C@H]2CCCCN(C(C)C(=O)NC(CC(=O)O)C(=O)Cn3nnnc3Cc3ccccc3)C2=O)c1. The van der Waals surface area contributed by atoms with Crippen molar-refractivity contribution in [2.24, 2.45) is 0 Å². The van der Waals surface area contributed by atoms with Gasteiger partial charge in [0.1, 0.15) is 24.4 Å². The van der Waals surface area contributed by atoms with E-state index < -0.39 is 54.0 Å². The number of aromatic nitrogens is 4. The number of tetrazole rings is 1. The predicted molar refractivity (Wildman–Crippen MR) is 156 cm³/mol. The highest BCUT2D eigenvalue weighted by Crippen LogP contribution is 2.18. The normalized spacial score (nSPS) is 16.4. The molecule has 0 aliphatic carbocycles. The van der Waals surface area contributed by atoms with E-state index in [9.17, 15) is 29.1 Å². The number of ketones is 1. The maximum Gasteiger partial charge on any atom is 0.305 e. The van der Waals surface area contributed by atoms with Crippen molar-refractivity contribution in [2.75, 3.05) is 13.7 Å². The largest absolute Gasteiger partial charge is 0.497 e. The molecule has 0 bridgehead atoms. The minimum Gasteiger partial charge on any atom is -0.497 e. The monoisotopic (exact) mass is 605 g/mol. The molecule has 2 aromatic carbocycles. The van der Waals surface area contributed by atoms with E-state index in [1.54, 1.807) is 24.3 Å². The van der Waals surface area contributed by atoms with Gasteiger partial charge in [0.25, 0.3) is 5.91 Å². The number of carboxylic acids is 1. The van der Waals surface area contributed by atoms with Crippen LogP contribution in [-0.4, -0.2) is 91.5 Å². The van der Waals surface area contributed by atoms with Crippen LogP contribution in [0.4, 0.5) is 0 Å². The molecular formula is C30H35N7O7. The van der Waals surface area contributed by atoms with Gasteiger partial charge in [-0.15, -0.1) is 5.10 Å². The number of aliphatic carboxylic acids is 1. The third kappa shape index (κ3) is 8.24. The van der Waals surface area contributed by atoms with Crippen molar-refractivity contribution >= 4 is 29.5 Å². The standard InChI is InChI=1S/C30H35N7O7/c1-19(36-14-7-6-13-23(30(36)43)31-29(42)21-11-8-12-22(16-21)44-2)28(41)32-24(17-27(39)40)25(38)18-37-26(33-34-35-37)15-20-9-4-3-5-10-20/h3-5,8-12,16,19,23-24H,6-7,13-15,17-18H2,1-2H3,(H,31,42)(H,32,41)(H,39,40)/t19?,23-,24?/m0/s1. The molecule has 1 aliphatic rings. The minimum atomic E-state index is -1.39. The van der Waals surface area contributed by atoms with Gasteiger partial charge < -0.3 is 25.4 Å². The smallest absolute Gasteiger partial charge is 0.305 e. The summed E-state index contributed by atoms with van der Waals surface area (Å²) in [5.74, 6) is -2.60. The summed E-state index contributed by atoms with van der Waals surface area (Å²) in [5.41, 5.74) is 1.24. The van der Waals surface area contributed by atoms with Gasteiger partial charge in [-0.25, -0.2) is 4.68 Å². The summed E-state index contributed by atoms with van der Waals surface area (Å²) >= 11 is 0. The van der Waals surface area contributed by atoms with Crippen LogP contribution in [0.5, 0.6) is 5.75 Å². The maximum atomic E-state index is 13.5. The minimum absolute atomic E-state index is 0.254. The quantitative estimate of drug-likeness (QED) is 0.254. The van der Waals surface area contributed by atoms with Crippen LogP contribution in [0.3, 0.4) is 0 Å². The van der Waals surface area contributed by atoms with E-state index in [0.717, 1.165) is 5.56 Å². The van der Waals surface area contributed by atoms with E-state index >= 15 is 0 Å². The summed E-state index contributed by atoms with van der Waals surface area (Å²) in [6, 6.07) is 12.6. The first kappa shape index (κ1) is 31.8. The molecule has 3 aromatic rings. The molecule has 3 amide bonds. The highest BCUT2D eigenvalue weighted by molar-refractivity contribution is 5.99. The number of carbonyl (C=O) groups is 5. The van der Waals surface area contributed by atoms with Crippen LogP contribution in [0.25, 0.3) is 0 Å². The fraction of sp³-hybridized carbons (Fsp3) is 0.400. The lowest BCUT2D eigenvalue weighted by molar-refractivity contribution is -0.143. The first-order valence-corrected chi connectivity index (χ1v) is 14.3. The molecule has 1 saturated heterocycles. The van der Waals surface area contributed by atoms with Gasteiger partial charge in [-0.1, -0.05) is 36.4 Å². The van der Waals surface area contributed by atoms with Crippen molar-refractivity contribution in [3.63, 3.8) is 0 Å². The van der Waals surface area contributed by atoms with Crippen LogP contribution in [0.15, 0.2) is 54.6 Å². The molecule has 0 saturated carbocycles. The zero-order valence-electron chi connectivity index (χ0n) is 24.5. The van der Waals surface area contributed by atoms with Crippen LogP contribution in [0.2, 0.25) is 0 Å². The molecule has 232 valence electrons. The van der Waals surface area contributed by atoms with Crippen molar-refractivity contribution in [1.29, 1.82) is 0 Å². The second-order valence-electron chi connectivity index (χ2n) is 10.5. The van der Waals surface area contributed by atoms with Crippen molar-refractivity contribution < 1.29 is 33.8 Å². The zero-order chi connectivity index (χ0) is 31.6. The first-order valence-electron chi connectivity index (χ1n) is 14.3. The Bertz CT molecular complexity index is 1490. The number of rotatable bonds is 13. The Balaban J connectivity index is 1.42. The van der Waals surface area contributed by atoms with E-state index in [0.29, 0.717) is 42.8 Å². The Kier molecular flexibility index (Phi) is 10.7. The fourth-order valence-corrected chi connectivity index (χ4v) is 4.95. The molecule has 2 unspecified atom stereocenters. The zero-order valence-corrected chi connectivity index (χ0v) is 24.5. The van der Waals surface area contributed by atoms with Gasteiger partial charge in [0.15, 0.2) is 11.6 Å². The number of hydrogen-bond donors (Lipinski definition) is 3. The highest BCUT2D eigenvalue weighted by atomic mass is 16.5. The number of hydrogen-bond acceptors (Lipinski definition) is 9. The molecule has 0 spiro atoms. The van der Waals surface area contributed by atoms with E-state index in [2.05, 4.69) is 26.2 Å². The van der Waals surface area contributed by atoms with Crippen molar-refractivity contribution in [2.45, 2.75) is 63.7 Å². The van der Waals surface area contributed by atoms with Crippen LogP contribution >= 0.6 is 0 Å². The van der Waals surface area contributed by atoms with Crippen LogP contribution in [0, 0.1) is 0 Å². The van der Waals surface area contributed by atoms with Gasteiger partial charge in [0, 0.05) is 18.5 Å². The van der Waals surface area contributed by atoms with Crippen molar-refractivity contribution in [3.05, 3.63) is 71.5 Å². The van der Waals surface area contributed by atoms with Crippen LogP contribution in [-0.2, 0) is 32.1 Å². The molecule has 1 aromatic heterocycles. The van der Waals surface area contributed by atoms with Gasteiger partial charge in [-0.2, -0.15) is 0 Å². The summed E-state index contributed by atoms with van der Waals surface area (Å²) in [7, 11) is 1.49.